The van der Waals surface area contributed by atoms with Crippen LogP contribution in [0.1, 0.15) is 25.3 Å². The number of benzene rings is 1. The number of anilines is 1. The third-order valence-corrected chi connectivity index (χ3v) is 4.66. The first-order chi connectivity index (χ1) is 12.5. The van der Waals surface area contributed by atoms with E-state index in [4.69, 9.17) is 0 Å². The Morgan fingerprint density at radius 3 is 2.27 bits per heavy atom. The van der Waals surface area contributed by atoms with Gasteiger partial charge in [0.1, 0.15) is 0 Å². The van der Waals surface area contributed by atoms with Crippen LogP contribution < -0.4 is 10.6 Å². The fraction of sp³-hybridized carbons (Fsp3) is 0.526. The SMILES string of the molecule is CC(=O)Nc1ccc(CC(=O)N2CCN(CC(=O)NC3CC3)CC2)cc1. The van der Waals surface area contributed by atoms with Crippen molar-refractivity contribution in [2.24, 2.45) is 0 Å². The second-order valence-electron chi connectivity index (χ2n) is 7.05. The first-order valence-electron chi connectivity index (χ1n) is 9.15. The highest BCUT2D eigenvalue weighted by molar-refractivity contribution is 5.88. The fourth-order valence-electron chi connectivity index (χ4n) is 3.06. The van der Waals surface area contributed by atoms with E-state index in [1.807, 2.05) is 17.0 Å². The third kappa shape index (κ3) is 5.56. The maximum absolute atomic E-state index is 12.5. The van der Waals surface area contributed by atoms with Gasteiger partial charge < -0.3 is 15.5 Å². The van der Waals surface area contributed by atoms with Crippen LogP contribution in [0.15, 0.2) is 24.3 Å². The molecule has 1 saturated heterocycles. The third-order valence-electron chi connectivity index (χ3n) is 4.66. The second kappa shape index (κ2) is 8.31. The van der Waals surface area contributed by atoms with Crippen molar-refractivity contribution in [1.29, 1.82) is 0 Å². The summed E-state index contributed by atoms with van der Waals surface area (Å²) in [5.41, 5.74) is 1.65. The topological polar surface area (TPSA) is 81.8 Å². The normalized spacial score (nSPS) is 17.7. The van der Waals surface area contributed by atoms with Gasteiger partial charge in [0.2, 0.25) is 17.7 Å². The van der Waals surface area contributed by atoms with Gasteiger partial charge in [0.05, 0.1) is 13.0 Å². The van der Waals surface area contributed by atoms with E-state index in [-0.39, 0.29) is 17.7 Å². The Bertz CT molecular complexity index is 662. The predicted molar refractivity (Wildman–Crippen MR) is 98.6 cm³/mol. The molecule has 1 aromatic rings. The largest absolute Gasteiger partial charge is 0.352 e. The number of hydrogen-bond acceptors (Lipinski definition) is 4. The minimum atomic E-state index is -0.113. The minimum Gasteiger partial charge on any atom is -0.352 e. The van der Waals surface area contributed by atoms with E-state index in [0.717, 1.165) is 37.2 Å². The predicted octanol–water partition coefficient (Wildman–Crippen LogP) is 0.610. The monoisotopic (exact) mass is 358 g/mol. The zero-order valence-electron chi connectivity index (χ0n) is 15.2. The van der Waals surface area contributed by atoms with Crippen molar-refractivity contribution in [3.8, 4) is 0 Å². The second-order valence-corrected chi connectivity index (χ2v) is 7.05. The van der Waals surface area contributed by atoms with E-state index in [0.29, 0.717) is 32.1 Å². The van der Waals surface area contributed by atoms with Crippen LogP contribution in [0.2, 0.25) is 0 Å². The molecule has 3 amide bonds. The molecule has 2 aliphatic rings. The Kier molecular flexibility index (Phi) is 5.88. The van der Waals surface area contributed by atoms with Crippen LogP contribution in [0.3, 0.4) is 0 Å². The number of carbonyl (C=O) groups excluding carboxylic acids is 3. The molecular weight excluding hydrogens is 332 g/mol. The van der Waals surface area contributed by atoms with Crippen LogP contribution in [-0.4, -0.2) is 66.3 Å². The Morgan fingerprint density at radius 1 is 1.04 bits per heavy atom. The summed E-state index contributed by atoms with van der Waals surface area (Å²) in [5.74, 6) is 0.0726. The maximum Gasteiger partial charge on any atom is 0.234 e. The average Bonchev–Trinajstić information content (AvgIpc) is 3.40. The molecule has 0 aromatic heterocycles. The lowest BCUT2D eigenvalue weighted by Crippen LogP contribution is -2.51. The Balaban J connectivity index is 1.41. The molecule has 3 rings (SSSR count). The molecule has 7 nitrogen and oxygen atoms in total. The Hall–Kier alpha value is -2.41. The molecule has 0 spiro atoms. The number of rotatable bonds is 6. The molecule has 1 aliphatic heterocycles. The summed E-state index contributed by atoms with van der Waals surface area (Å²) in [6.45, 7) is 4.64. The van der Waals surface area contributed by atoms with Gasteiger partial charge in [-0.05, 0) is 30.5 Å². The molecule has 7 heteroatoms. The summed E-state index contributed by atoms with van der Waals surface area (Å²) in [4.78, 5) is 39.3. The van der Waals surface area contributed by atoms with Gasteiger partial charge in [-0.15, -0.1) is 0 Å². The zero-order valence-corrected chi connectivity index (χ0v) is 15.2. The van der Waals surface area contributed by atoms with E-state index < -0.39 is 0 Å². The van der Waals surface area contributed by atoms with Gasteiger partial charge in [0.25, 0.3) is 0 Å². The quantitative estimate of drug-likeness (QED) is 0.781. The lowest BCUT2D eigenvalue weighted by molar-refractivity contribution is -0.132. The highest BCUT2D eigenvalue weighted by Crippen LogP contribution is 2.18. The number of piperazine rings is 1. The molecular formula is C19H26N4O3. The molecule has 2 fully saturated rings. The van der Waals surface area contributed by atoms with Gasteiger partial charge in [-0.1, -0.05) is 12.1 Å². The van der Waals surface area contributed by atoms with Gasteiger partial charge in [0, 0.05) is 44.8 Å². The van der Waals surface area contributed by atoms with Crippen LogP contribution in [0.5, 0.6) is 0 Å². The highest BCUT2D eigenvalue weighted by atomic mass is 16.2. The van der Waals surface area contributed by atoms with Crippen molar-refractivity contribution in [3.05, 3.63) is 29.8 Å². The summed E-state index contributed by atoms with van der Waals surface area (Å²) < 4.78 is 0. The van der Waals surface area contributed by atoms with E-state index in [9.17, 15) is 14.4 Å². The minimum absolute atomic E-state index is 0.0894. The van der Waals surface area contributed by atoms with Crippen LogP contribution in [-0.2, 0) is 20.8 Å². The molecule has 0 unspecified atom stereocenters. The molecule has 1 aliphatic carbocycles. The van der Waals surface area contributed by atoms with Crippen molar-refractivity contribution in [3.63, 3.8) is 0 Å². The van der Waals surface area contributed by atoms with Crippen molar-refractivity contribution in [1.82, 2.24) is 15.1 Å². The van der Waals surface area contributed by atoms with Crippen molar-refractivity contribution in [2.75, 3.05) is 38.0 Å². The van der Waals surface area contributed by atoms with Gasteiger partial charge in [-0.3, -0.25) is 19.3 Å². The maximum atomic E-state index is 12.5. The summed E-state index contributed by atoms with van der Waals surface area (Å²) in [6.07, 6.45) is 2.54. The molecule has 2 N–H and O–H groups in total. The zero-order chi connectivity index (χ0) is 18.5. The summed E-state index contributed by atoms with van der Waals surface area (Å²) >= 11 is 0. The molecule has 1 saturated carbocycles. The van der Waals surface area contributed by atoms with E-state index in [2.05, 4.69) is 15.5 Å². The van der Waals surface area contributed by atoms with Crippen molar-refractivity contribution < 1.29 is 14.4 Å². The summed E-state index contributed by atoms with van der Waals surface area (Å²) in [5, 5.41) is 5.71. The van der Waals surface area contributed by atoms with E-state index in [1.165, 1.54) is 6.92 Å². The van der Waals surface area contributed by atoms with Crippen LogP contribution >= 0.6 is 0 Å². The van der Waals surface area contributed by atoms with Crippen molar-refractivity contribution in [2.45, 2.75) is 32.2 Å². The van der Waals surface area contributed by atoms with Gasteiger partial charge in [0.15, 0.2) is 0 Å². The number of nitrogens with zero attached hydrogens (tertiary/aromatic N) is 2. The first kappa shape index (κ1) is 18.4. The smallest absolute Gasteiger partial charge is 0.234 e. The molecule has 1 heterocycles. The highest BCUT2D eigenvalue weighted by Gasteiger charge is 2.26. The lowest BCUT2D eigenvalue weighted by Gasteiger charge is -2.34. The standard InChI is InChI=1S/C19H26N4O3/c1-14(24)20-16-4-2-15(3-5-16)12-19(26)23-10-8-22(9-11-23)13-18(25)21-17-6-7-17/h2-5,17H,6-13H2,1H3,(H,20,24)(H,21,25). The molecule has 0 radical (unpaired) electrons. The Morgan fingerprint density at radius 2 is 1.69 bits per heavy atom. The van der Waals surface area contributed by atoms with E-state index >= 15 is 0 Å². The van der Waals surface area contributed by atoms with Crippen LogP contribution in [0.4, 0.5) is 5.69 Å². The van der Waals surface area contributed by atoms with Crippen LogP contribution in [0, 0.1) is 0 Å². The Labute approximate surface area is 153 Å². The molecule has 1 aromatic carbocycles. The molecule has 140 valence electrons. The number of hydrogen-bond donors (Lipinski definition) is 2. The van der Waals surface area contributed by atoms with Crippen molar-refractivity contribution >= 4 is 23.4 Å². The molecule has 0 atom stereocenters. The number of amides is 3. The number of nitrogens with one attached hydrogen (secondary N) is 2. The fourth-order valence-corrected chi connectivity index (χ4v) is 3.06. The molecule has 26 heavy (non-hydrogen) atoms. The van der Waals surface area contributed by atoms with Gasteiger partial charge >= 0.3 is 0 Å². The summed E-state index contributed by atoms with van der Waals surface area (Å²) in [7, 11) is 0. The average molecular weight is 358 g/mol. The van der Waals surface area contributed by atoms with Gasteiger partial charge in [-0.25, -0.2) is 0 Å². The molecule has 0 bridgehead atoms. The first-order valence-corrected chi connectivity index (χ1v) is 9.15. The van der Waals surface area contributed by atoms with Gasteiger partial charge in [-0.2, -0.15) is 0 Å². The van der Waals surface area contributed by atoms with E-state index in [1.54, 1.807) is 12.1 Å². The summed E-state index contributed by atoms with van der Waals surface area (Å²) in [6, 6.07) is 7.73. The lowest BCUT2D eigenvalue weighted by atomic mass is 10.1. The van der Waals surface area contributed by atoms with Crippen LogP contribution in [0.25, 0.3) is 0 Å². The number of carbonyl (C=O) groups is 3.